The van der Waals surface area contributed by atoms with Gasteiger partial charge in [-0.2, -0.15) is 5.26 Å². The summed E-state index contributed by atoms with van der Waals surface area (Å²) >= 11 is 0. The van der Waals surface area contributed by atoms with E-state index < -0.39 is 0 Å². The maximum absolute atomic E-state index is 12.6. The molecule has 0 aliphatic rings. The van der Waals surface area contributed by atoms with E-state index in [9.17, 15) is 4.79 Å². The Bertz CT molecular complexity index is 707. The lowest BCUT2D eigenvalue weighted by Gasteiger charge is -2.25. The van der Waals surface area contributed by atoms with E-state index in [2.05, 4.69) is 16.4 Å². The first-order valence-corrected chi connectivity index (χ1v) is 8.14. The number of carbonyl (C=O) groups excluding carboxylic acids is 1. The Morgan fingerprint density at radius 3 is 2.52 bits per heavy atom. The Balaban J connectivity index is 2.00. The predicted molar refractivity (Wildman–Crippen MR) is 96.6 cm³/mol. The highest BCUT2D eigenvalue weighted by atomic mass is 16.2. The number of hydrogen-bond acceptors (Lipinski definition) is 4. The Morgan fingerprint density at radius 1 is 1.16 bits per heavy atom. The van der Waals surface area contributed by atoms with Gasteiger partial charge in [-0.3, -0.25) is 4.98 Å². The van der Waals surface area contributed by atoms with Crippen LogP contribution in [0.3, 0.4) is 0 Å². The summed E-state index contributed by atoms with van der Waals surface area (Å²) in [6, 6.07) is 13.1. The van der Waals surface area contributed by atoms with Crippen LogP contribution in [0, 0.1) is 11.3 Å². The molecule has 1 aromatic heterocycles. The third-order valence-electron chi connectivity index (χ3n) is 3.73. The monoisotopic (exact) mass is 337 g/mol. The summed E-state index contributed by atoms with van der Waals surface area (Å²) in [4.78, 5) is 20.5. The predicted octanol–water partition coefficient (Wildman–Crippen LogP) is 2.23. The van der Waals surface area contributed by atoms with E-state index >= 15 is 0 Å². The van der Waals surface area contributed by atoms with Crippen LogP contribution in [-0.2, 0) is 13.1 Å². The van der Waals surface area contributed by atoms with Gasteiger partial charge < -0.3 is 15.1 Å². The third-order valence-corrected chi connectivity index (χ3v) is 3.73. The zero-order valence-corrected chi connectivity index (χ0v) is 14.6. The fourth-order valence-electron chi connectivity index (χ4n) is 2.27. The minimum Gasteiger partial charge on any atom is -0.334 e. The molecule has 0 bridgehead atoms. The van der Waals surface area contributed by atoms with E-state index in [0.29, 0.717) is 25.2 Å². The van der Waals surface area contributed by atoms with Crippen molar-refractivity contribution in [3.05, 3.63) is 65.5 Å². The van der Waals surface area contributed by atoms with Crippen molar-refractivity contribution >= 4 is 6.03 Å². The molecule has 0 saturated heterocycles. The van der Waals surface area contributed by atoms with E-state index in [1.807, 2.05) is 43.3 Å². The van der Waals surface area contributed by atoms with Gasteiger partial charge in [0.25, 0.3) is 0 Å². The van der Waals surface area contributed by atoms with Gasteiger partial charge in [-0.15, -0.1) is 0 Å². The molecule has 0 atom stereocenters. The Labute approximate surface area is 148 Å². The van der Waals surface area contributed by atoms with Gasteiger partial charge >= 0.3 is 6.03 Å². The highest BCUT2D eigenvalue weighted by Crippen LogP contribution is 2.08. The number of rotatable bonds is 7. The molecule has 1 heterocycles. The van der Waals surface area contributed by atoms with Crippen molar-refractivity contribution in [3.63, 3.8) is 0 Å². The van der Waals surface area contributed by atoms with Crippen LogP contribution in [0.1, 0.15) is 16.7 Å². The number of nitriles is 1. The largest absolute Gasteiger partial charge is 0.334 e. The van der Waals surface area contributed by atoms with Crippen LogP contribution in [0.4, 0.5) is 4.79 Å². The minimum absolute atomic E-state index is 0.116. The first-order valence-electron chi connectivity index (χ1n) is 8.14. The molecule has 2 aromatic rings. The molecule has 0 aliphatic heterocycles. The molecule has 0 fully saturated rings. The highest BCUT2D eigenvalue weighted by molar-refractivity contribution is 5.74. The van der Waals surface area contributed by atoms with E-state index in [4.69, 9.17) is 5.26 Å². The number of amides is 2. The molecule has 6 heteroatoms. The van der Waals surface area contributed by atoms with Gasteiger partial charge in [0.2, 0.25) is 0 Å². The zero-order valence-electron chi connectivity index (χ0n) is 14.6. The molecule has 0 radical (unpaired) electrons. The lowest BCUT2D eigenvalue weighted by molar-refractivity contribution is 0.188. The van der Waals surface area contributed by atoms with Gasteiger partial charge in [-0.1, -0.05) is 18.2 Å². The van der Waals surface area contributed by atoms with Gasteiger partial charge in [0.1, 0.15) is 0 Å². The quantitative estimate of drug-likeness (QED) is 0.841. The van der Waals surface area contributed by atoms with Gasteiger partial charge in [-0.05, 0) is 43.4 Å². The molecule has 0 saturated carbocycles. The summed E-state index contributed by atoms with van der Waals surface area (Å²) < 4.78 is 0. The number of hydrogen-bond donors (Lipinski definition) is 1. The maximum Gasteiger partial charge on any atom is 0.318 e. The van der Waals surface area contributed by atoms with Gasteiger partial charge in [0.15, 0.2) is 0 Å². The molecule has 6 nitrogen and oxygen atoms in total. The topological polar surface area (TPSA) is 72.3 Å². The normalized spacial score (nSPS) is 10.3. The number of urea groups is 1. The average molecular weight is 337 g/mol. The summed E-state index contributed by atoms with van der Waals surface area (Å²) in [7, 11) is 3.96. The summed E-state index contributed by atoms with van der Waals surface area (Å²) in [5.74, 6) is 0. The molecule has 25 heavy (non-hydrogen) atoms. The SMILES string of the molecule is CN(C)CCN(Cc1ccc(C#N)cc1)C(=O)NCc1cccnc1. The zero-order chi connectivity index (χ0) is 18.1. The fourth-order valence-corrected chi connectivity index (χ4v) is 2.27. The molecular formula is C19H23N5O. The smallest absolute Gasteiger partial charge is 0.318 e. The number of benzene rings is 1. The second-order valence-corrected chi connectivity index (χ2v) is 6.05. The maximum atomic E-state index is 12.6. The van der Waals surface area contributed by atoms with Crippen molar-refractivity contribution in [2.75, 3.05) is 27.2 Å². The van der Waals surface area contributed by atoms with Crippen LogP contribution < -0.4 is 5.32 Å². The number of nitrogens with zero attached hydrogens (tertiary/aromatic N) is 4. The number of pyridine rings is 1. The van der Waals surface area contributed by atoms with Crippen molar-refractivity contribution in [1.82, 2.24) is 20.1 Å². The van der Waals surface area contributed by atoms with Crippen molar-refractivity contribution < 1.29 is 4.79 Å². The molecule has 1 N–H and O–H groups in total. The third kappa shape index (κ3) is 6.24. The number of aromatic nitrogens is 1. The van der Waals surface area contributed by atoms with Crippen LogP contribution in [0.2, 0.25) is 0 Å². The van der Waals surface area contributed by atoms with E-state index in [-0.39, 0.29) is 6.03 Å². The lowest BCUT2D eigenvalue weighted by Crippen LogP contribution is -2.42. The summed E-state index contributed by atoms with van der Waals surface area (Å²) in [5, 5.41) is 11.8. The first kappa shape index (κ1) is 18.4. The first-order chi connectivity index (χ1) is 12.1. The van der Waals surface area contributed by atoms with E-state index in [1.165, 1.54) is 0 Å². The average Bonchev–Trinajstić information content (AvgIpc) is 2.64. The Morgan fingerprint density at radius 2 is 1.92 bits per heavy atom. The van der Waals surface area contributed by atoms with Crippen LogP contribution >= 0.6 is 0 Å². The Kier molecular flexibility index (Phi) is 6.93. The molecule has 2 amide bonds. The minimum atomic E-state index is -0.116. The molecule has 0 spiro atoms. The molecular weight excluding hydrogens is 314 g/mol. The molecule has 1 aromatic carbocycles. The van der Waals surface area contributed by atoms with Crippen molar-refractivity contribution in [2.24, 2.45) is 0 Å². The van der Waals surface area contributed by atoms with Crippen molar-refractivity contribution in [1.29, 1.82) is 5.26 Å². The van der Waals surface area contributed by atoms with Crippen LogP contribution in [0.25, 0.3) is 0 Å². The fraction of sp³-hybridized carbons (Fsp3) is 0.316. The lowest BCUT2D eigenvalue weighted by atomic mass is 10.1. The number of likely N-dealkylation sites (N-methyl/N-ethyl adjacent to an activating group) is 1. The van der Waals surface area contributed by atoms with Gasteiger partial charge in [0.05, 0.1) is 11.6 Å². The number of carbonyl (C=O) groups is 1. The van der Waals surface area contributed by atoms with E-state index in [1.54, 1.807) is 29.4 Å². The molecule has 0 unspecified atom stereocenters. The highest BCUT2D eigenvalue weighted by Gasteiger charge is 2.14. The Hall–Kier alpha value is -2.91. The summed E-state index contributed by atoms with van der Waals surface area (Å²) in [5.41, 5.74) is 2.57. The summed E-state index contributed by atoms with van der Waals surface area (Å²) in [6.45, 7) is 2.33. The van der Waals surface area contributed by atoms with Crippen molar-refractivity contribution in [3.8, 4) is 6.07 Å². The summed E-state index contributed by atoms with van der Waals surface area (Å²) in [6.07, 6.45) is 3.45. The van der Waals surface area contributed by atoms with E-state index in [0.717, 1.165) is 17.7 Å². The van der Waals surface area contributed by atoms with Crippen LogP contribution in [-0.4, -0.2) is 48.0 Å². The van der Waals surface area contributed by atoms with Gasteiger partial charge in [-0.25, -0.2) is 4.79 Å². The van der Waals surface area contributed by atoms with Gasteiger partial charge in [0, 0.05) is 38.6 Å². The standard InChI is InChI=1S/C19H23N5O/c1-23(2)10-11-24(15-17-7-5-16(12-20)6-8-17)19(25)22-14-18-4-3-9-21-13-18/h3-9,13H,10-11,14-15H2,1-2H3,(H,22,25). The number of nitrogens with one attached hydrogen (secondary N) is 1. The second kappa shape index (κ2) is 9.40. The van der Waals surface area contributed by atoms with Crippen LogP contribution in [0.15, 0.2) is 48.8 Å². The molecule has 0 aliphatic carbocycles. The van der Waals surface area contributed by atoms with Crippen LogP contribution in [0.5, 0.6) is 0 Å². The van der Waals surface area contributed by atoms with Crippen molar-refractivity contribution in [2.45, 2.75) is 13.1 Å². The molecule has 2 rings (SSSR count). The second-order valence-electron chi connectivity index (χ2n) is 6.05. The molecule has 130 valence electrons.